The zero-order valence-electron chi connectivity index (χ0n) is 35.0. The minimum absolute atomic E-state index is 0.0609. The van der Waals surface area contributed by atoms with Crippen LogP contribution in [0.1, 0.15) is 115 Å². The Morgan fingerprint density at radius 1 is 0.618 bits per heavy atom. The molecule has 55 heavy (non-hydrogen) atoms. The molecule has 0 saturated carbocycles. The Labute approximate surface area is 326 Å². The van der Waals surface area contributed by atoms with Crippen molar-refractivity contribution in [2.75, 3.05) is 39.6 Å². The molecular formula is C43H64O12. The van der Waals surface area contributed by atoms with E-state index < -0.39 is 40.8 Å². The fourth-order valence-corrected chi connectivity index (χ4v) is 6.61. The van der Waals surface area contributed by atoms with Gasteiger partial charge in [-0.1, -0.05) is 93.5 Å². The van der Waals surface area contributed by atoms with E-state index in [1.165, 1.54) is 0 Å². The lowest BCUT2D eigenvalue weighted by Gasteiger charge is -2.48. The smallest absolute Gasteiger partial charge is 0.342 e. The van der Waals surface area contributed by atoms with Gasteiger partial charge in [-0.15, -0.1) is 0 Å². The Morgan fingerprint density at radius 2 is 0.945 bits per heavy atom. The third-order valence-electron chi connectivity index (χ3n) is 10.2. The van der Waals surface area contributed by atoms with Crippen molar-refractivity contribution in [3.63, 3.8) is 0 Å². The van der Waals surface area contributed by atoms with Gasteiger partial charge in [0.2, 0.25) is 0 Å². The van der Waals surface area contributed by atoms with Crippen molar-refractivity contribution < 1.29 is 58.3 Å². The van der Waals surface area contributed by atoms with Crippen LogP contribution in [0.3, 0.4) is 0 Å². The third kappa shape index (κ3) is 11.9. The fourth-order valence-electron chi connectivity index (χ4n) is 6.61. The molecule has 0 aromatic heterocycles. The van der Waals surface area contributed by atoms with Crippen molar-refractivity contribution in [1.82, 2.24) is 0 Å². The van der Waals surface area contributed by atoms with Crippen molar-refractivity contribution >= 4 is 11.9 Å². The predicted molar refractivity (Wildman–Crippen MR) is 205 cm³/mol. The third-order valence-corrected chi connectivity index (χ3v) is 10.2. The summed E-state index contributed by atoms with van der Waals surface area (Å²) in [7, 11) is 0. The Morgan fingerprint density at radius 3 is 1.25 bits per heavy atom. The highest BCUT2D eigenvalue weighted by Crippen LogP contribution is 2.39. The summed E-state index contributed by atoms with van der Waals surface area (Å²) in [6.45, 7) is 25.0. The Bertz CT molecular complexity index is 1510. The summed E-state index contributed by atoms with van der Waals surface area (Å²) in [4.78, 5) is 45.9. The van der Waals surface area contributed by atoms with E-state index in [9.17, 15) is 19.8 Å². The quantitative estimate of drug-likeness (QED) is 0.144. The van der Waals surface area contributed by atoms with Gasteiger partial charge in [0.05, 0.1) is 44.7 Å². The van der Waals surface area contributed by atoms with Gasteiger partial charge in [0.15, 0.2) is 12.6 Å². The molecule has 0 aliphatic carbocycles. The van der Waals surface area contributed by atoms with Gasteiger partial charge < -0.3 is 29.2 Å². The van der Waals surface area contributed by atoms with Gasteiger partial charge in [0, 0.05) is 10.8 Å². The van der Waals surface area contributed by atoms with E-state index in [-0.39, 0.29) is 48.4 Å². The number of ether oxygens (including phenoxy) is 4. The van der Waals surface area contributed by atoms with Crippen LogP contribution in [-0.2, 0) is 71.8 Å². The van der Waals surface area contributed by atoms with Crippen LogP contribution in [0.25, 0.3) is 0 Å². The number of carbonyl (C=O) groups is 2. The lowest BCUT2D eigenvalue weighted by Crippen LogP contribution is -2.57. The molecule has 0 amide bonds. The molecule has 4 rings (SSSR count). The zero-order valence-corrected chi connectivity index (χ0v) is 35.0. The normalized spacial score (nSPS) is 21.1. The first-order chi connectivity index (χ1) is 25.4. The van der Waals surface area contributed by atoms with Crippen LogP contribution in [-0.4, -0.2) is 74.4 Å². The van der Waals surface area contributed by atoms with Crippen molar-refractivity contribution in [2.45, 2.75) is 132 Å². The van der Waals surface area contributed by atoms with E-state index in [2.05, 4.69) is 0 Å². The molecule has 2 aromatic carbocycles. The minimum Gasteiger partial charge on any atom is -0.507 e. The second-order valence-electron chi connectivity index (χ2n) is 18.9. The van der Waals surface area contributed by atoms with Gasteiger partial charge in [-0.3, -0.25) is 9.78 Å². The van der Waals surface area contributed by atoms with Crippen LogP contribution >= 0.6 is 0 Å². The highest BCUT2D eigenvalue weighted by molar-refractivity contribution is 5.69. The molecule has 1 spiro atoms. The number of hydrogen-bond donors (Lipinski definition) is 2. The van der Waals surface area contributed by atoms with Crippen LogP contribution < -0.4 is 0 Å². The summed E-state index contributed by atoms with van der Waals surface area (Å²) in [5.41, 5.74) is 2.88. The van der Waals surface area contributed by atoms with Crippen LogP contribution in [0.5, 0.6) is 11.5 Å². The number of benzene rings is 2. The highest BCUT2D eigenvalue weighted by Gasteiger charge is 2.48. The SMILES string of the molecule is Cc1cc(CCC(=O)OOCC(C)(C)C2OCC3(CO2)COC(C(C)(C)COOC(=O)CCc2cc(C)c(O)c(C(C)(C)C)c2)OC3)cc(C(C)(C)C)c1O. The van der Waals surface area contributed by atoms with E-state index in [0.29, 0.717) is 39.3 Å². The first kappa shape index (κ1) is 44.5. The fraction of sp³-hybridized carbons (Fsp3) is 0.674. The molecule has 308 valence electrons. The zero-order chi connectivity index (χ0) is 41.0. The monoisotopic (exact) mass is 772 g/mol. The summed E-state index contributed by atoms with van der Waals surface area (Å²) in [5.74, 6) is -0.412. The molecule has 0 atom stereocenters. The number of aromatic hydroxyl groups is 2. The minimum atomic E-state index is -0.633. The Kier molecular flexibility index (Phi) is 14.1. The Hall–Kier alpha value is -3.26. The van der Waals surface area contributed by atoms with Gasteiger partial charge in [0.25, 0.3) is 0 Å². The maximum Gasteiger partial charge on any atom is 0.342 e. The topological polar surface area (TPSA) is 148 Å². The summed E-state index contributed by atoms with van der Waals surface area (Å²) in [6.07, 6.45) is -0.0498. The summed E-state index contributed by atoms with van der Waals surface area (Å²) < 4.78 is 24.6. The van der Waals surface area contributed by atoms with Gasteiger partial charge in [0.1, 0.15) is 24.7 Å². The first-order valence-corrected chi connectivity index (χ1v) is 19.2. The van der Waals surface area contributed by atoms with Gasteiger partial charge in [-0.2, -0.15) is 9.78 Å². The molecule has 0 bridgehead atoms. The van der Waals surface area contributed by atoms with Crippen molar-refractivity contribution in [3.05, 3.63) is 57.6 Å². The molecule has 0 unspecified atom stereocenters. The number of aryl methyl sites for hydroxylation is 4. The van der Waals surface area contributed by atoms with Crippen LogP contribution in [0.4, 0.5) is 0 Å². The maximum absolute atomic E-state index is 12.5. The molecular weight excluding hydrogens is 708 g/mol. The van der Waals surface area contributed by atoms with E-state index in [1.807, 2.05) is 107 Å². The number of phenolic OH excluding ortho intramolecular Hbond substituents is 2. The number of carbonyl (C=O) groups excluding carboxylic acids is 2. The van der Waals surface area contributed by atoms with Gasteiger partial charge in [-0.05, 0) is 70.9 Å². The molecule has 12 nitrogen and oxygen atoms in total. The summed E-state index contributed by atoms with van der Waals surface area (Å²) >= 11 is 0. The van der Waals surface area contributed by atoms with Crippen molar-refractivity contribution in [3.8, 4) is 11.5 Å². The molecule has 2 N–H and O–H groups in total. The number of rotatable bonds is 14. The van der Waals surface area contributed by atoms with E-state index in [1.54, 1.807) is 0 Å². The second-order valence-corrected chi connectivity index (χ2v) is 18.9. The molecule has 2 saturated heterocycles. The average Bonchev–Trinajstić information content (AvgIpc) is 3.08. The van der Waals surface area contributed by atoms with E-state index >= 15 is 0 Å². The lowest BCUT2D eigenvalue weighted by atomic mass is 9.83. The predicted octanol–water partition coefficient (Wildman–Crippen LogP) is 7.61. The highest BCUT2D eigenvalue weighted by atomic mass is 17.2. The number of phenols is 2. The number of hydrogen-bond acceptors (Lipinski definition) is 12. The summed E-state index contributed by atoms with van der Waals surface area (Å²) in [6, 6.07) is 7.65. The van der Waals surface area contributed by atoms with Crippen molar-refractivity contribution in [1.29, 1.82) is 0 Å². The molecule has 2 heterocycles. The van der Waals surface area contributed by atoms with Crippen molar-refractivity contribution in [2.24, 2.45) is 16.2 Å². The largest absolute Gasteiger partial charge is 0.507 e. The van der Waals surface area contributed by atoms with E-state index in [4.69, 9.17) is 38.5 Å². The van der Waals surface area contributed by atoms with Gasteiger partial charge in [-0.25, -0.2) is 9.59 Å². The Balaban J connectivity index is 1.14. The van der Waals surface area contributed by atoms with Gasteiger partial charge >= 0.3 is 11.9 Å². The maximum atomic E-state index is 12.5. The molecule has 2 fully saturated rings. The molecule has 2 aromatic rings. The molecule has 0 radical (unpaired) electrons. The molecule has 2 aliphatic heterocycles. The lowest BCUT2D eigenvalue weighted by molar-refractivity contribution is -0.357. The second kappa shape index (κ2) is 17.5. The van der Waals surface area contributed by atoms with Crippen LogP contribution in [0, 0.1) is 30.1 Å². The molecule has 12 heteroatoms. The van der Waals surface area contributed by atoms with Crippen LogP contribution in [0.15, 0.2) is 24.3 Å². The standard InChI is InChI=1S/C43H64O12/c1-27-17-29(19-31(35(27)46)39(3,4)5)13-15-33(44)54-52-21-41(9,10)37-48-23-43(24-49-37)25-50-38(51-26-43)42(11,12)22-53-55-34(45)16-14-30-18-28(2)36(47)32(20-30)40(6,7)8/h17-20,37-38,46-47H,13-16,21-26H2,1-12H3. The summed E-state index contributed by atoms with van der Waals surface area (Å²) in [5, 5.41) is 21.0. The average molecular weight is 773 g/mol. The van der Waals surface area contributed by atoms with E-state index in [0.717, 1.165) is 33.4 Å². The van der Waals surface area contributed by atoms with Crippen LogP contribution in [0.2, 0.25) is 0 Å². The molecule has 2 aliphatic rings. The first-order valence-electron chi connectivity index (χ1n) is 19.2.